The second kappa shape index (κ2) is 2.92. The van der Waals surface area contributed by atoms with Crippen molar-refractivity contribution in [2.75, 3.05) is 0 Å². The highest BCUT2D eigenvalue weighted by Crippen LogP contribution is 2.26. The lowest BCUT2D eigenvalue weighted by Gasteiger charge is -2.03. The van der Waals surface area contributed by atoms with Crippen molar-refractivity contribution in [1.82, 2.24) is 20.7 Å². The third kappa shape index (κ3) is 1.04. The van der Waals surface area contributed by atoms with E-state index in [1.165, 1.54) is 16.7 Å². The van der Waals surface area contributed by atoms with Gasteiger partial charge in [0.15, 0.2) is 0 Å². The second-order valence-electron chi connectivity index (χ2n) is 3.41. The molecule has 0 saturated heterocycles. The second-order valence-corrected chi connectivity index (χ2v) is 3.41. The molecule has 1 aliphatic rings. The minimum atomic E-state index is 0.922. The van der Waals surface area contributed by atoms with E-state index in [0.717, 1.165) is 18.8 Å². The van der Waals surface area contributed by atoms with E-state index in [1.807, 2.05) is 6.20 Å². The monoisotopic (exact) mass is 186 g/mol. The Morgan fingerprint density at radius 3 is 3.07 bits per heavy atom. The summed E-state index contributed by atoms with van der Waals surface area (Å²) in [6.45, 7) is 1.89. The third-order valence-corrected chi connectivity index (χ3v) is 2.58. The number of benzene rings is 1. The fraction of sp³-hybridized carbons (Fsp3) is 0.200. The predicted molar refractivity (Wildman–Crippen MR) is 52.4 cm³/mol. The maximum Gasteiger partial charge on any atom is 0.113 e. The Balaban J connectivity index is 2.20. The predicted octanol–water partition coefficient (Wildman–Crippen LogP) is 1.07. The van der Waals surface area contributed by atoms with Gasteiger partial charge in [-0.05, 0) is 11.1 Å². The van der Waals surface area contributed by atoms with Crippen molar-refractivity contribution in [3.05, 3.63) is 35.5 Å². The molecule has 0 fully saturated rings. The van der Waals surface area contributed by atoms with Gasteiger partial charge in [0.1, 0.15) is 5.69 Å². The molecule has 4 nitrogen and oxygen atoms in total. The Morgan fingerprint density at radius 1 is 1.21 bits per heavy atom. The van der Waals surface area contributed by atoms with Crippen LogP contribution in [0, 0.1) is 0 Å². The van der Waals surface area contributed by atoms with E-state index in [0.29, 0.717) is 0 Å². The third-order valence-electron chi connectivity index (χ3n) is 2.58. The molecule has 3 rings (SSSR count). The molecule has 0 saturated carbocycles. The molecule has 1 aromatic carbocycles. The Morgan fingerprint density at radius 2 is 2.21 bits per heavy atom. The first-order valence-electron chi connectivity index (χ1n) is 4.63. The van der Waals surface area contributed by atoms with Gasteiger partial charge in [-0.15, -0.1) is 5.10 Å². The first-order chi connectivity index (χ1) is 6.95. The van der Waals surface area contributed by atoms with Gasteiger partial charge in [-0.1, -0.05) is 23.4 Å². The summed E-state index contributed by atoms with van der Waals surface area (Å²) in [5, 5.41) is 13.8. The zero-order chi connectivity index (χ0) is 9.38. The fourth-order valence-electron chi connectivity index (χ4n) is 1.90. The van der Waals surface area contributed by atoms with Crippen LogP contribution in [0.4, 0.5) is 0 Å². The summed E-state index contributed by atoms with van der Waals surface area (Å²) >= 11 is 0. The van der Waals surface area contributed by atoms with E-state index < -0.39 is 0 Å². The van der Waals surface area contributed by atoms with Crippen LogP contribution in [0.15, 0.2) is 24.4 Å². The molecule has 0 aliphatic carbocycles. The van der Waals surface area contributed by atoms with Crippen LogP contribution in [0.25, 0.3) is 11.3 Å². The van der Waals surface area contributed by atoms with Crippen LogP contribution < -0.4 is 5.32 Å². The van der Waals surface area contributed by atoms with Gasteiger partial charge in [-0.2, -0.15) is 0 Å². The zero-order valence-electron chi connectivity index (χ0n) is 7.62. The average molecular weight is 186 g/mol. The Hall–Kier alpha value is -1.68. The number of nitrogens with one attached hydrogen (secondary N) is 2. The van der Waals surface area contributed by atoms with Gasteiger partial charge in [-0.25, -0.2) is 0 Å². The molecule has 0 unspecified atom stereocenters. The highest BCUT2D eigenvalue weighted by molar-refractivity contribution is 5.65. The van der Waals surface area contributed by atoms with Gasteiger partial charge in [0.05, 0.1) is 0 Å². The van der Waals surface area contributed by atoms with E-state index in [2.05, 4.69) is 38.9 Å². The number of nitrogens with zero attached hydrogens (tertiary/aromatic N) is 2. The molecule has 1 aliphatic heterocycles. The highest BCUT2D eigenvalue weighted by atomic mass is 15.3. The number of H-pyrrole nitrogens is 1. The summed E-state index contributed by atoms with van der Waals surface area (Å²) in [5.74, 6) is 0. The molecule has 14 heavy (non-hydrogen) atoms. The number of hydrogen-bond acceptors (Lipinski definition) is 3. The molecule has 0 atom stereocenters. The van der Waals surface area contributed by atoms with Gasteiger partial charge in [0.2, 0.25) is 0 Å². The lowest BCUT2D eigenvalue weighted by Crippen LogP contribution is -2.00. The van der Waals surface area contributed by atoms with Crippen LogP contribution in [0.3, 0.4) is 0 Å². The van der Waals surface area contributed by atoms with Gasteiger partial charge >= 0.3 is 0 Å². The lowest BCUT2D eigenvalue weighted by atomic mass is 10.0. The minimum absolute atomic E-state index is 0.922. The van der Waals surface area contributed by atoms with Gasteiger partial charge in [0.25, 0.3) is 0 Å². The molecule has 2 aromatic rings. The summed E-state index contributed by atoms with van der Waals surface area (Å²) in [5.41, 5.74) is 4.82. The Kier molecular flexibility index (Phi) is 1.61. The summed E-state index contributed by atoms with van der Waals surface area (Å²) in [6, 6.07) is 6.30. The fourth-order valence-corrected chi connectivity index (χ4v) is 1.90. The van der Waals surface area contributed by atoms with Crippen molar-refractivity contribution in [2.45, 2.75) is 13.1 Å². The van der Waals surface area contributed by atoms with E-state index in [9.17, 15) is 0 Å². The molecular formula is C10H10N4. The molecule has 2 N–H and O–H groups in total. The topological polar surface area (TPSA) is 53.6 Å². The molecule has 2 heterocycles. The van der Waals surface area contributed by atoms with E-state index in [4.69, 9.17) is 0 Å². The smallest absolute Gasteiger partial charge is 0.113 e. The number of fused-ring (bicyclic) bond motifs is 1. The van der Waals surface area contributed by atoms with Gasteiger partial charge < -0.3 is 5.32 Å². The summed E-state index contributed by atoms with van der Waals surface area (Å²) in [7, 11) is 0. The Bertz CT molecular complexity index is 447. The largest absolute Gasteiger partial charge is 0.309 e. The van der Waals surface area contributed by atoms with E-state index in [1.54, 1.807) is 0 Å². The molecular weight excluding hydrogens is 176 g/mol. The molecule has 70 valence electrons. The highest BCUT2D eigenvalue weighted by Gasteiger charge is 2.15. The van der Waals surface area contributed by atoms with Crippen LogP contribution >= 0.6 is 0 Å². The lowest BCUT2D eigenvalue weighted by molar-refractivity contribution is 0.765. The van der Waals surface area contributed by atoms with Crippen molar-refractivity contribution >= 4 is 0 Å². The molecule has 0 spiro atoms. The minimum Gasteiger partial charge on any atom is -0.309 e. The van der Waals surface area contributed by atoms with Crippen molar-refractivity contribution in [1.29, 1.82) is 0 Å². The van der Waals surface area contributed by atoms with Crippen molar-refractivity contribution in [3.8, 4) is 11.3 Å². The van der Waals surface area contributed by atoms with E-state index >= 15 is 0 Å². The van der Waals surface area contributed by atoms with Crippen LogP contribution in [-0.4, -0.2) is 15.4 Å². The van der Waals surface area contributed by atoms with Crippen molar-refractivity contribution < 1.29 is 0 Å². The van der Waals surface area contributed by atoms with Crippen LogP contribution in [0.2, 0.25) is 0 Å². The van der Waals surface area contributed by atoms with Crippen molar-refractivity contribution in [2.24, 2.45) is 0 Å². The molecule has 4 heteroatoms. The van der Waals surface area contributed by atoms with Crippen LogP contribution in [0.5, 0.6) is 0 Å². The normalized spacial score (nSPS) is 14.3. The number of rotatable bonds is 1. The average Bonchev–Trinajstić information content (AvgIpc) is 2.88. The summed E-state index contributed by atoms with van der Waals surface area (Å²) < 4.78 is 0. The van der Waals surface area contributed by atoms with Crippen LogP contribution in [0.1, 0.15) is 11.1 Å². The molecule has 0 bridgehead atoms. The Labute approximate surface area is 81.3 Å². The number of aromatic nitrogens is 3. The maximum absolute atomic E-state index is 4.03. The van der Waals surface area contributed by atoms with Crippen LogP contribution in [-0.2, 0) is 13.1 Å². The first-order valence-corrected chi connectivity index (χ1v) is 4.63. The summed E-state index contributed by atoms with van der Waals surface area (Å²) in [4.78, 5) is 0. The SMILES string of the molecule is c1cc2c(c(-c3c[nH]nn3)c1)CNC2. The summed E-state index contributed by atoms with van der Waals surface area (Å²) in [6.07, 6.45) is 1.83. The quantitative estimate of drug-likeness (QED) is 0.700. The maximum atomic E-state index is 4.03. The molecule has 0 radical (unpaired) electrons. The van der Waals surface area contributed by atoms with Gasteiger partial charge in [-0.3, -0.25) is 5.10 Å². The number of aromatic amines is 1. The molecule has 0 amide bonds. The van der Waals surface area contributed by atoms with E-state index in [-0.39, 0.29) is 0 Å². The van der Waals surface area contributed by atoms with Crippen molar-refractivity contribution in [3.63, 3.8) is 0 Å². The zero-order valence-corrected chi connectivity index (χ0v) is 7.62. The molecule has 1 aromatic heterocycles. The van der Waals surface area contributed by atoms with Gasteiger partial charge in [0, 0.05) is 24.8 Å². The standard InChI is InChI=1S/C10H10N4/c1-2-7-4-11-5-9(7)8(3-1)10-6-12-14-13-10/h1-3,6,11H,4-5H2,(H,12,13,14). The first kappa shape index (κ1) is 7.70. The number of hydrogen-bond donors (Lipinski definition) is 2.